The van der Waals surface area contributed by atoms with Gasteiger partial charge in [-0.25, -0.2) is 8.42 Å². The summed E-state index contributed by atoms with van der Waals surface area (Å²) in [5.74, 6) is 0.379. The Bertz CT molecular complexity index is 1400. The largest absolute Gasteiger partial charge is 0.497 e. The highest BCUT2D eigenvalue weighted by Crippen LogP contribution is 2.26. The maximum Gasteiger partial charge on any atom is 0.264 e. The minimum Gasteiger partial charge on any atom is -0.497 e. The first-order chi connectivity index (χ1) is 20.2. The van der Waals surface area contributed by atoms with Crippen LogP contribution in [0.3, 0.4) is 0 Å². The molecule has 1 atom stereocenters. The molecular weight excluding hydrogens is 554 g/mol. The van der Waals surface area contributed by atoms with Gasteiger partial charge in [0.05, 0.1) is 24.3 Å². The number of carbonyl (C=O) groups excluding carboxylic acids is 2. The monoisotopic (exact) mass is 595 g/mol. The molecule has 226 valence electrons. The van der Waals surface area contributed by atoms with E-state index in [1.54, 1.807) is 61.7 Å². The van der Waals surface area contributed by atoms with E-state index in [4.69, 9.17) is 9.47 Å². The SMILES string of the molecule is CCCCNC(=O)[C@@H](CC)N(Cc1cccc(OC)c1)C(=O)CN(c1ccccc1)S(=O)(=O)c1ccc(OCC)cc1. The molecule has 9 nitrogen and oxygen atoms in total. The number of nitrogens with zero attached hydrogens (tertiary/aromatic N) is 2. The molecule has 0 saturated carbocycles. The Morgan fingerprint density at radius 3 is 2.24 bits per heavy atom. The number of sulfonamides is 1. The van der Waals surface area contributed by atoms with Crippen LogP contribution in [0.5, 0.6) is 11.5 Å². The van der Waals surface area contributed by atoms with Gasteiger partial charge >= 0.3 is 0 Å². The zero-order valence-corrected chi connectivity index (χ0v) is 25.6. The van der Waals surface area contributed by atoms with Gasteiger partial charge in [0.15, 0.2) is 0 Å². The molecule has 0 heterocycles. The zero-order chi connectivity index (χ0) is 30.5. The van der Waals surface area contributed by atoms with Crippen molar-refractivity contribution < 1.29 is 27.5 Å². The van der Waals surface area contributed by atoms with Crippen LogP contribution < -0.4 is 19.1 Å². The number of anilines is 1. The number of methoxy groups -OCH3 is 1. The summed E-state index contributed by atoms with van der Waals surface area (Å²) in [4.78, 5) is 28.9. The second-order valence-corrected chi connectivity index (χ2v) is 11.6. The van der Waals surface area contributed by atoms with Gasteiger partial charge < -0.3 is 19.7 Å². The van der Waals surface area contributed by atoms with Crippen molar-refractivity contribution in [3.05, 3.63) is 84.4 Å². The molecule has 0 saturated heterocycles. The molecule has 0 radical (unpaired) electrons. The Morgan fingerprint density at radius 2 is 1.62 bits per heavy atom. The molecule has 0 aliphatic carbocycles. The van der Waals surface area contributed by atoms with E-state index in [9.17, 15) is 18.0 Å². The van der Waals surface area contributed by atoms with Crippen LogP contribution >= 0.6 is 0 Å². The van der Waals surface area contributed by atoms with Crippen LogP contribution in [0.25, 0.3) is 0 Å². The number of nitrogens with one attached hydrogen (secondary N) is 1. The minimum absolute atomic E-state index is 0.0197. The number of hydrogen-bond acceptors (Lipinski definition) is 6. The molecule has 1 N–H and O–H groups in total. The van der Waals surface area contributed by atoms with Gasteiger partial charge in [-0.05, 0) is 73.9 Å². The number of hydrogen-bond donors (Lipinski definition) is 1. The molecule has 0 aromatic heterocycles. The molecule has 0 spiro atoms. The average molecular weight is 596 g/mol. The molecule has 0 aliphatic rings. The van der Waals surface area contributed by atoms with E-state index in [0.717, 1.165) is 22.7 Å². The molecular formula is C32H41N3O6S. The minimum atomic E-state index is -4.16. The van der Waals surface area contributed by atoms with E-state index in [1.807, 2.05) is 32.9 Å². The van der Waals surface area contributed by atoms with Crippen molar-refractivity contribution in [2.45, 2.75) is 57.5 Å². The van der Waals surface area contributed by atoms with Gasteiger partial charge in [0, 0.05) is 13.1 Å². The molecule has 3 aromatic rings. The van der Waals surface area contributed by atoms with E-state index >= 15 is 0 Å². The Hall–Kier alpha value is -4.05. The van der Waals surface area contributed by atoms with Crippen molar-refractivity contribution in [1.82, 2.24) is 10.2 Å². The quantitative estimate of drug-likeness (QED) is 0.234. The number of carbonyl (C=O) groups is 2. The molecule has 0 unspecified atom stereocenters. The second-order valence-electron chi connectivity index (χ2n) is 9.69. The maximum atomic E-state index is 14.1. The zero-order valence-electron chi connectivity index (χ0n) is 24.8. The third kappa shape index (κ3) is 8.48. The lowest BCUT2D eigenvalue weighted by molar-refractivity contribution is -0.140. The predicted octanol–water partition coefficient (Wildman–Crippen LogP) is 5.01. The van der Waals surface area contributed by atoms with Crippen LogP contribution in [0.2, 0.25) is 0 Å². The van der Waals surface area contributed by atoms with E-state index in [0.29, 0.717) is 36.8 Å². The third-order valence-electron chi connectivity index (χ3n) is 6.75. The van der Waals surface area contributed by atoms with E-state index in [2.05, 4.69) is 5.32 Å². The second kappa shape index (κ2) is 15.8. The van der Waals surface area contributed by atoms with Crippen LogP contribution in [0, 0.1) is 0 Å². The molecule has 10 heteroatoms. The highest BCUT2D eigenvalue weighted by atomic mass is 32.2. The molecule has 3 aromatic carbocycles. The van der Waals surface area contributed by atoms with Gasteiger partial charge in [-0.15, -0.1) is 0 Å². The fraction of sp³-hybridized carbons (Fsp3) is 0.375. The lowest BCUT2D eigenvalue weighted by Crippen LogP contribution is -2.52. The van der Waals surface area contributed by atoms with Crippen molar-refractivity contribution in [3.8, 4) is 11.5 Å². The Labute approximate surface area is 249 Å². The topological polar surface area (TPSA) is 105 Å². The number of benzene rings is 3. The van der Waals surface area contributed by atoms with Crippen LogP contribution in [0.1, 0.15) is 45.6 Å². The van der Waals surface area contributed by atoms with E-state index < -0.39 is 28.5 Å². The average Bonchev–Trinajstić information content (AvgIpc) is 3.00. The van der Waals surface area contributed by atoms with Crippen molar-refractivity contribution in [2.24, 2.45) is 0 Å². The van der Waals surface area contributed by atoms with Gasteiger partial charge in [-0.1, -0.05) is 50.6 Å². The number of amides is 2. The molecule has 0 fully saturated rings. The van der Waals surface area contributed by atoms with Crippen LogP contribution in [-0.4, -0.2) is 58.0 Å². The molecule has 42 heavy (non-hydrogen) atoms. The van der Waals surface area contributed by atoms with Gasteiger partial charge in [0.25, 0.3) is 10.0 Å². The Balaban J connectivity index is 2.01. The van der Waals surface area contributed by atoms with Crippen molar-refractivity contribution in [3.63, 3.8) is 0 Å². The first-order valence-electron chi connectivity index (χ1n) is 14.3. The van der Waals surface area contributed by atoms with Gasteiger partial charge in [-0.2, -0.15) is 0 Å². The highest BCUT2D eigenvalue weighted by Gasteiger charge is 2.33. The van der Waals surface area contributed by atoms with Crippen LogP contribution in [0.4, 0.5) is 5.69 Å². The summed E-state index contributed by atoms with van der Waals surface area (Å²) < 4.78 is 39.8. The third-order valence-corrected chi connectivity index (χ3v) is 8.54. The summed E-state index contributed by atoms with van der Waals surface area (Å²) >= 11 is 0. The molecule has 0 aliphatic heterocycles. The molecule has 2 amide bonds. The predicted molar refractivity (Wildman–Crippen MR) is 164 cm³/mol. The lowest BCUT2D eigenvalue weighted by atomic mass is 10.1. The number of ether oxygens (including phenoxy) is 2. The Kier molecular flexibility index (Phi) is 12.2. The molecule has 3 rings (SSSR count). The highest BCUT2D eigenvalue weighted by molar-refractivity contribution is 7.92. The standard InChI is InChI=1S/C32H41N3O6S/c1-5-8-21-33-32(37)30(6-2)34(23-25-13-12-16-28(22-25)40-4)31(36)24-35(26-14-10-9-11-15-26)42(38,39)29-19-17-27(18-20-29)41-7-3/h9-20,22,30H,5-8,21,23-24H2,1-4H3,(H,33,37)/t30-/m1/s1. The fourth-order valence-corrected chi connectivity index (χ4v) is 5.93. The van der Waals surface area contributed by atoms with Gasteiger partial charge in [0.1, 0.15) is 24.1 Å². The van der Waals surface area contributed by atoms with Crippen molar-refractivity contribution in [1.29, 1.82) is 0 Å². The Morgan fingerprint density at radius 1 is 0.905 bits per heavy atom. The van der Waals surface area contributed by atoms with E-state index in [1.165, 1.54) is 17.0 Å². The normalized spacial score (nSPS) is 11.8. The summed E-state index contributed by atoms with van der Waals surface area (Å²) in [6.07, 6.45) is 2.08. The smallest absolute Gasteiger partial charge is 0.264 e. The number of rotatable bonds is 16. The van der Waals surface area contributed by atoms with E-state index in [-0.39, 0.29) is 17.3 Å². The van der Waals surface area contributed by atoms with Crippen LogP contribution in [0.15, 0.2) is 83.8 Å². The first-order valence-corrected chi connectivity index (χ1v) is 15.7. The number of unbranched alkanes of at least 4 members (excludes halogenated alkanes) is 1. The van der Waals surface area contributed by atoms with Gasteiger partial charge in [-0.3, -0.25) is 13.9 Å². The van der Waals surface area contributed by atoms with Crippen LogP contribution in [-0.2, 0) is 26.2 Å². The summed E-state index contributed by atoms with van der Waals surface area (Å²) in [5.41, 5.74) is 1.09. The summed E-state index contributed by atoms with van der Waals surface area (Å²) in [7, 11) is -2.60. The lowest BCUT2D eigenvalue weighted by Gasteiger charge is -2.33. The first kappa shape index (κ1) is 32.5. The summed E-state index contributed by atoms with van der Waals surface area (Å²) in [5, 5.41) is 2.93. The van der Waals surface area contributed by atoms with Crippen molar-refractivity contribution in [2.75, 3.05) is 31.1 Å². The summed E-state index contributed by atoms with van der Waals surface area (Å²) in [6, 6.07) is 21.0. The van der Waals surface area contributed by atoms with Crippen molar-refractivity contribution >= 4 is 27.5 Å². The number of para-hydroxylation sites is 1. The summed E-state index contributed by atoms with van der Waals surface area (Å²) in [6.45, 7) is 6.26. The fourth-order valence-electron chi connectivity index (χ4n) is 4.52. The maximum absolute atomic E-state index is 14.1. The molecule has 0 bridgehead atoms. The van der Waals surface area contributed by atoms with Gasteiger partial charge in [0.2, 0.25) is 11.8 Å².